The van der Waals surface area contributed by atoms with Crippen molar-refractivity contribution in [3.63, 3.8) is 0 Å². The van der Waals surface area contributed by atoms with Crippen LogP contribution in [0.5, 0.6) is 0 Å². The number of piperidine rings is 1. The van der Waals surface area contributed by atoms with Crippen LogP contribution in [0.15, 0.2) is 64.4 Å². The standard InChI is InChI=1S/C20H21NS.ClH/c1-21-12-10-15(11-13-21)14-18-16-6-2-4-8-19(16)22-20-9-5-3-7-17(18)20;/h2-9,14-15H,10-13H2,1H3;1H. The lowest BCUT2D eigenvalue weighted by molar-refractivity contribution is 0.244. The maximum Gasteiger partial charge on any atom is 0.0201 e. The van der Waals surface area contributed by atoms with Gasteiger partial charge >= 0.3 is 0 Å². The highest BCUT2D eigenvalue weighted by Crippen LogP contribution is 2.45. The molecule has 23 heavy (non-hydrogen) atoms. The minimum Gasteiger partial charge on any atom is -0.306 e. The summed E-state index contributed by atoms with van der Waals surface area (Å²) >= 11 is 1.90. The fourth-order valence-electron chi connectivity index (χ4n) is 3.43. The molecule has 0 amide bonds. The van der Waals surface area contributed by atoms with E-state index in [4.69, 9.17) is 0 Å². The van der Waals surface area contributed by atoms with E-state index in [0.29, 0.717) is 5.92 Å². The number of halogens is 1. The molecule has 0 unspecified atom stereocenters. The lowest BCUT2D eigenvalue weighted by Crippen LogP contribution is -2.29. The molecule has 0 aliphatic carbocycles. The Labute approximate surface area is 149 Å². The molecular weight excluding hydrogens is 322 g/mol. The van der Waals surface area contributed by atoms with E-state index >= 15 is 0 Å². The van der Waals surface area contributed by atoms with E-state index in [1.807, 2.05) is 11.8 Å². The molecule has 2 aromatic carbocycles. The highest BCUT2D eigenvalue weighted by atomic mass is 35.5. The third-order valence-corrected chi connectivity index (χ3v) is 5.89. The van der Waals surface area contributed by atoms with Gasteiger partial charge in [-0.2, -0.15) is 0 Å². The Bertz CT molecular complexity index is 670. The van der Waals surface area contributed by atoms with Crippen LogP contribution in [-0.2, 0) is 0 Å². The lowest BCUT2D eigenvalue weighted by Gasteiger charge is -2.29. The molecule has 120 valence electrons. The largest absolute Gasteiger partial charge is 0.306 e. The minimum absolute atomic E-state index is 0. The molecule has 0 bridgehead atoms. The van der Waals surface area contributed by atoms with Gasteiger partial charge in [-0.1, -0.05) is 54.2 Å². The zero-order chi connectivity index (χ0) is 14.9. The molecule has 2 heterocycles. The Balaban J connectivity index is 0.00000156. The molecule has 0 N–H and O–H groups in total. The van der Waals surface area contributed by atoms with E-state index in [1.165, 1.54) is 52.4 Å². The smallest absolute Gasteiger partial charge is 0.0201 e. The van der Waals surface area contributed by atoms with Gasteiger partial charge in [0.25, 0.3) is 0 Å². The van der Waals surface area contributed by atoms with Gasteiger partial charge in [-0.15, -0.1) is 12.4 Å². The van der Waals surface area contributed by atoms with Crippen LogP contribution >= 0.6 is 24.2 Å². The molecular formula is C20H22ClNS. The lowest BCUT2D eigenvalue weighted by atomic mass is 9.89. The zero-order valence-electron chi connectivity index (χ0n) is 13.4. The van der Waals surface area contributed by atoms with Crippen molar-refractivity contribution in [2.75, 3.05) is 20.1 Å². The molecule has 0 spiro atoms. The number of allylic oxidation sites excluding steroid dienone is 1. The predicted octanol–water partition coefficient (Wildman–Crippen LogP) is 5.35. The summed E-state index contributed by atoms with van der Waals surface area (Å²) in [4.78, 5) is 5.22. The van der Waals surface area contributed by atoms with Crippen LogP contribution in [-0.4, -0.2) is 25.0 Å². The first-order valence-electron chi connectivity index (χ1n) is 8.08. The van der Waals surface area contributed by atoms with Gasteiger partial charge in [0.15, 0.2) is 0 Å². The molecule has 1 saturated heterocycles. The Morgan fingerprint density at radius 3 is 2.00 bits per heavy atom. The molecule has 3 heteroatoms. The Morgan fingerprint density at radius 1 is 0.913 bits per heavy atom. The molecule has 2 aromatic rings. The van der Waals surface area contributed by atoms with Crippen LogP contribution < -0.4 is 0 Å². The van der Waals surface area contributed by atoms with Crippen molar-refractivity contribution < 1.29 is 0 Å². The molecule has 0 radical (unpaired) electrons. The summed E-state index contributed by atoms with van der Waals surface area (Å²) in [7, 11) is 2.23. The van der Waals surface area contributed by atoms with Crippen molar-refractivity contribution >= 4 is 29.7 Å². The Morgan fingerprint density at radius 2 is 1.43 bits per heavy atom. The fraction of sp³-hybridized carbons (Fsp3) is 0.300. The first-order valence-corrected chi connectivity index (χ1v) is 8.90. The molecule has 0 atom stereocenters. The molecule has 0 aromatic heterocycles. The monoisotopic (exact) mass is 343 g/mol. The number of nitrogens with zero attached hydrogens (tertiary/aromatic N) is 1. The first kappa shape index (κ1) is 16.6. The average molecular weight is 344 g/mol. The highest BCUT2D eigenvalue weighted by Gasteiger charge is 2.22. The Hall–Kier alpha value is -1.22. The molecule has 1 fully saturated rings. The van der Waals surface area contributed by atoms with E-state index in [2.05, 4.69) is 66.6 Å². The summed E-state index contributed by atoms with van der Waals surface area (Å²) in [6.07, 6.45) is 5.10. The maximum atomic E-state index is 2.55. The van der Waals surface area contributed by atoms with Gasteiger partial charge < -0.3 is 4.90 Å². The summed E-state index contributed by atoms with van der Waals surface area (Å²) < 4.78 is 0. The number of hydrogen-bond acceptors (Lipinski definition) is 2. The second-order valence-corrected chi connectivity index (χ2v) is 7.40. The van der Waals surface area contributed by atoms with Gasteiger partial charge in [-0.25, -0.2) is 0 Å². The van der Waals surface area contributed by atoms with Gasteiger partial charge in [0.1, 0.15) is 0 Å². The van der Waals surface area contributed by atoms with Crippen molar-refractivity contribution in [3.8, 4) is 0 Å². The van der Waals surface area contributed by atoms with Crippen LogP contribution in [0.3, 0.4) is 0 Å². The molecule has 0 saturated carbocycles. The van der Waals surface area contributed by atoms with Crippen LogP contribution in [0.4, 0.5) is 0 Å². The third kappa shape index (κ3) is 3.35. The van der Waals surface area contributed by atoms with Gasteiger partial charge in [-0.3, -0.25) is 0 Å². The van der Waals surface area contributed by atoms with E-state index in [0.717, 1.165) is 0 Å². The number of benzene rings is 2. The van der Waals surface area contributed by atoms with Gasteiger partial charge in [-0.05, 0) is 67.7 Å². The third-order valence-electron chi connectivity index (χ3n) is 4.74. The maximum absolute atomic E-state index is 2.55. The predicted molar refractivity (Wildman–Crippen MR) is 102 cm³/mol. The summed E-state index contributed by atoms with van der Waals surface area (Å²) in [5, 5.41) is 0. The van der Waals surface area contributed by atoms with Crippen molar-refractivity contribution in [3.05, 3.63) is 65.7 Å². The molecule has 4 rings (SSSR count). The van der Waals surface area contributed by atoms with E-state index in [1.54, 1.807) is 0 Å². The second-order valence-electron chi connectivity index (χ2n) is 6.32. The second kappa shape index (κ2) is 7.12. The number of likely N-dealkylation sites (tertiary alicyclic amines) is 1. The average Bonchev–Trinajstić information content (AvgIpc) is 2.56. The van der Waals surface area contributed by atoms with Crippen molar-refractivity contribution in [1.29, 1.82) is 0 Å². The van der Waals surface area contributed by atoms with E-state index in [9.17, 15) is 0 Å². The minimum atomic E-state index is 0. The molecule has 2 aliphatic rings. The highest BCUT2D eigenvalue weighted by molar-refractivity contribution is 7.99. The van der Waals surface area contributed by atoms with Crippen LogP contribution in [0, 0.1) is 5.92 Å². The van der Waals surface area contributed by atoms with Crippen LogP contribution in [0.2, 0.25) is 0 Å². The Kier molecular flexibility index (Phi) is 5.15. The fourth-order valence-corrected chi connectivity index (χ4v) is 4.54. The van der Waals surface area contributed by atoms with Gasteiger partial charge in [0.05, 0.1) is 0 Å². The first-order chi connectivity index (χ1) is 10.8. The summed E-state index contributed by atoms with van der Waals surface area (Å²) in [5.41, 5.74) is 4.26. The van der Waals surface area contributed by atoms with Crippen molar-refractivity contribution in [1.82, 2.24) is 4.90 Å². The quantitative estimate of drug-likeness (QED) is 0.586. The topological polar surface area (TPSA) is 3.24 Å². The van der Waals surface area contributed by atoms with Crippen LogP contribution in [0.1, 0.15) is 24.0 Å². The van der Waals surface area contributed by atoms with Crippen molar-refractivity contribution in [2.45, 2.75) is 22.6 Å². The van der Waals surface area contributed by atoms with E-state index < -0.39 is 0 Å². The number of fused-ring (bicyclic) bond motifs is 2. The summed E-state index contributed by atoms with van der Waals surface area (Å²) in [5.74, 6) is 0.704. The molecule has 2 aliphatic heterocycles. The van der Waals surface area contributed by atoms with Gasteiger partial charge in [0, 0.05) is 9.79 Å². The summed E-state index contributed by atoms with van der Waals surface area (Å²) in [6, 6.07) is 17.7. The van der Waals surface area contributed by atoms with Crippen LogP contribution in [0.25, 0.3) is 5.57 Å². The number of rotatable bonds is 1. The molecule has 1 nitrogen and oxygen atoms in total. The van der Waals surface area contributed by atoms with E-state index in [-0.39, 0.29) is 12.4 Å². The van der Waals surface area contributed by atoms with Gasteiger partial charge in [0.2, 0.25) is 0 Å². The number of hydrogen-bond donors (Lipinski definition) is 0. The summed E-state index contributed by atoms with van der Waals surface area (Å²) in [6.45, 7) is 2.43. The zero-order valence-corrected chi connectivity index (χ0v) is 15.0. The normalized spacial score (nSPS) is 17.9. The van der Waals surface area contributed by atoms with Crippen molar-refractivity contribution in [2.24, 2.45) is 5.92 Å². The SMILES string of the molecule is CN1CCC(C=C2c3ccccc3Sc3ccccc32)CC1.Cl.